The molecule has 2 heterocycles. The normalized spacial score (nSPS) is 15.9. The first-order valence-corrected chi connectivity index (χ1v) is 8.60. The molecule has 1 aromatic heterocycles. The van der Waals surface area contributed by atoms with Crippen LogP contribution in [0, 0.1) is 11.7 Å². The van der Waals surface area contributed by atoms with Gasteiger partial charge in [0.25, 0.3) is 5.91 Å². The van der Waals surface area contributed by atoms with Gasteiger partial charge in [-0.2, -0.15) is 0 Å². The van der Waals surface area contributed by atoms with E-state index in [1.54, 1.807) is 12.1 Å². The van der Waals surface area contributed by atoms with E-state index < -0.39 is 0 Å². The summed E-state index contributed by atoms with van der Waals surface area (Å²) in [6, 6.07) is 5.94. The van der Waals surface area contributed by atoms with Gasteiger partial charge in [-0.05, 0) is 37.0 Å². The molecule has 1 fully saturated rings. The van der Waals surface area contributed by atoms with Gasteiger partial charge < -0.3 is 9.47 Å². The number of aromatic nitrogens is 2. The Morgan fingerprint density at radius 1 is 1.33 bits per heavy atom. The molecule has 0 spiro atoms. The minimum atomic E-state index is -0.364. The lowest BCUT2D eigenvalue weighted by Crippen LogP contribution is -2.39. The van der Waals surface area contributed by atoms with Crippen molar-refractivity contribution < 1.29 is 9.18 Å². The molecule has 1 aliphatic heterocycles. The molecule has 0 unspecified atom stereocenters. The van der Waals surface area contributed by atoms with Gasteiger partial charge in [-0.25, -0.2) is 9.37 Å². The number of carbonyl (C=O) groups is 1. The van der Waals surface area contributed by atoms with Gasteiger partial charge >= 0.3 is 0 Å². The number of likely N-dealkylation sites (tertiary alicyclic amines) is 1. The van der Waals surface area contributed by atoms with Crippen LogP contribution in [0.25, 0.3) is 0 Å². The predicted octanol–water partition coefficient (Wildman–Crippen LogP) is 3.70. The van der Waals surface area contributed by atoms with E-state index in [2.05, 4.69) is 23.4 Å². The molecular formula is C19H24FN3O. The van der Waals surface area contributed by atoms with E-state index in [0.717, 1.165) is 38.3 Å². The van der Waals surface area contributed by atoms with Crippen LogP contribution >= 0.6 is 0 Å². The average molecular weight is 329 g/mol. The van der Waals surface area contributed by atoms with Gasteiger partial charge in [0.05, 0.1) is 0 Å². The number of halogens is 1. The van der Waals surface area contributed by atoms with E-state index in [9.17, 15) is 9.18 Å². The molecular weight excluding hydrogens is 305 g/mol. The fourth-order valence-corrected chi connectivity index (χ4v) is 3.38. The zero-order chi connectivity index (χ0) is 17.1. The molecule has 2 aromatic rings. The standard InChI is InChI=1S/C19H24FN3O/c1-14(2)18-21-8-11-23(18)13-15-6-9-22(10-7-15)19(24)16-4-3-5-17(20)12-16/h3-5,8,11-12,14-15H,6-7,9-10,13H2,1-2H3. The predicted molar refractivity (Wildman–Crippen MR) is 91.3 cm³/mol. The first kappa shape index (κ1) is 16.7. The number of hydrogen-bond acceptors (Lipinski definition) is 2. The van der Waals surface area contributed by atoms with Crippen LogP contribution in [0.4, 0.5) is 4.39 Å². The Balaban J connectivity index is 1.58. The number of rotatable bonds is 4. The molecule has 1 aliphatic rings. The van der Waals surface area contributed by atoms with Crippen LogP contribution in [-0.4, -0.2) is 33.4 Å². The number of piperidine rings is 1. The lowest BCUT2D eigenvalue weighted by atomic mass is 9.96. The third-order valence-electron chi connectivity index (χ3n) is 4.69. The van der Waals surface area contributed by atoms with Gasteiger partial charge in [-0.3, -0.25) is 4.79 Å². The molecule has 3 rings (SSSR count). The highest BCUT2D eigenvalue weighted by atomic mass is 19.1. The number of benzene rings is 1. The van der Waals surface area contributed by atoms with Gasteiger partial charge in [0.1, 0.15) is 11.6 Å². The Bertz CT molecular complexity index is 702. The minimum absolute atomic E-state index is 0.0709. The number of nitrogens with zero attached hydrogens (tertiary/aromatic N) is 3. The van der Waals surface area contributed by atoms with Crippen LogP contribution in [0.2, 0.25) is 0 Å². The fourth-order valence-electron chi connectivity index (χ4n) is 3.38. The Kier molecular flexibility index (Phi) is 4.97. The Labute approximate surface area is 142 Å². The number of amides is 1. The molecule has 1 aromatic carbocycles. The van der Waals surface area contributed by atoms with E-state index in [4.69, 9.17) is 0 Å². The highest BCUT2D eigenvalue weighted by molar-refractivity contribution is 5.94. The molecule has 1 saturated heterocycles. The summed E-state index contributed by atoms with van der Waals surface area (Å²) in [4.78, 5) is 18.7. The molecule has 1 amide bonds. The topological polar surface area (TPSA) is 38.1 Å². The fraction of sp³-hybridized carbons (Fsp3) is 0.474. The largest absolute Gasteiger partial charge is 0.339 e. The Morgan fingerprint density at radius 2 is 2.08 bits per heavy atom. The summed E-state index contributed by atoms with van der Waals surface area (Å²) in [7, 11) is 0. The highest BCUT2D eigenvalue weighted by Crippen LogP contribution is 2.23. The summed E-state index contributed by atoms with van der Waals surface area (Å²) in [6.07, 6.45) is 5.84. The summed E-state index contributed by atoms with van der Waals surface area (Å²) in [5.74, 6) is 1.65. The summed E-state index contributed by atoms with van der Waals surface area (Å²) in [5, 5.41) is 0. The van der Waals surface area contributed by atoms with Gasteiger partial charge in [0, 0.05) is 43.5 Å². The lowest BCUT2D eigenvalue weighted by Gasteiger charge is -2.32. The van der Waals surface area contributed by atoms with Crippen molar-refractivity contribution >= 4 is 5.91 Å². The van der Waals surface area contributed by atoms with E-state index in [1.165, 1.54) is 12.1 Å². The SMILES string of the molecule is CC(C)c1nccn1CC1CCN(C(=O)c2cccc(F)c2)CC1. The van der Waals surface area contributed by atoms with E-state index in [0.29, 0.717) is 17.4 Å². The van der Waals surface area contributed by atoms with Crippen LogP contribution in [-0.2, 0) is 6.54 Å². The van der Waals surface area contributed by atoms with Crippen LogP contribution in [0.5, 0.6) is 0 Å². The smallest absolute Gasteiger partial charge is 0.253 e. The second kappa shape index (κ2) is 7.16. The van der Waals surface area contributed by atoms with Crippen LogP contribution < -0.4 is 0 Å². The van der Waals surface area contributed by atoms with Crippen molar-refractivity contribution in [3.8, 4) is 0 Å². The van der Waals surface area contributed by atoms with Crippen molar-refractivity contribution in [1.82, 2.24) is 14.5 Å². The molecule has 4 nitrogen and oxygen atoms in total. The molecule has 0 N–H and O–H groups in total. The third-order valence-corrected chi connectivity index (χ3v) is 4.69. The molecule has 24 heavy (non-hydrogen) atoms. The summed E-state index contributed by atoms with van der Waals surface area (Å²) < 4.78 is 15.5. The molecule has 0 aliphatic carbocycles. The summed E-state index contributed by atoms with van der Waals surface area (Å²) in [5.41, 5.74) is 0.435. The second-order valence-corrected chi connectivity index (χ2v) is 6.84. The molecule has 0 saturated carbocycles. The molecule has 0 bridgehead atoms. The number of imidazole rings is 1. The van der Waals surface area contributed by atoms with Gasteiger partial charge in [-0.1, -0.05) is 19.9 Å². The van der Waals surface area contributed by atoms with Gasteiger partial charge in [0.2, 0.25) is 0 Å². The van der Waals surface area contributed by atoms with Crippen molar-refractivity contribution in [3.05, 3.63) is 53.9 Å². The van der Waals surface area contributed by atoms with Crippen LogP contribution in [0.15, 0.2) is 36.7 Å². The van der Waals surface area contributed by atoms with Crippen molar-refractivity contribution in [3.63, 3.8) is 0 Å². The maximum atomic E-state index is 13.3. The first-order valence-electron chi connectivity index (χ1n) is 8.60. The quantitative estimate of drug-likeness (QED) is 0.858. The lowest BCUT2D eigenvalue weighted by molar-refractivity contribution is 0.0682. The maximum Gasteiger partial charge on any atom is 0.253 e. The first-order chi connectivity index (χ1) is 11.5. The molecule has 0 radical (unpaired) electrons. The molecule has 5 heteroatoms. The van der Waals surface area contributed by atoms with Gasteiger partial charge in [-0.15, -0.1) is 0 Å². The maximum absolute atomic E-state index is 13.3. The molecule has 128 valence electrons. The highest BCUT2D eigenvalue weighted by Gasteiger charge is 2.24. The zero-order valence-corrected chi connectivity index (χ0v) is 14.3. The van der Waals surface area contributed by atoms with Crippen LogP contribution in [0.3, 0.4) is 0 Å². The van der Waals surface area contributed by atoms with Crippen molar-refractivity contribution in [2.24, 2.45) is 5.92 Å². The van der Waals surface area contributed by atoms with Crippen molar-refractivity contribution in [1.29, 1.82) is 0 Å². The van der Waals surface area contributed by atoms with E-state index in [-0.39, 0.29) is 11.7 Å². The second-order valence-electron chi connectivity index (χ2n) is 6.84. The summed E-state index contributed by atoms with van der Waals surface area (Å²) in [6.45, 7) is 6.71. The third kappa shape index (κ3) is 3.66. The van der Waals surface area contributed by atoms with E-state index in [1.807, 2.05) is 17.3 Å². The monoisotopic (exact) mass is 329 g/mol. The average Bonchev–Trinajstić information content (AvgIpc) is 3.03. The summed E-state index contributed by atoms with van der Waals surface area (Å²) >= 11 is 0. The zero-order valence-electron chi connectivity index (χ0n) is 14.3. The number of hydrogen-bond donors (Lipinski definition) is 0. The van der Waals surface area contributed by atoms with Crippen LogP contribution in [0.1, 0.15) is 48.8 Å². The molecule has 0 atom stereocenters. The van der Waals surface area contributed by atoms with E-state index >= 15 is 0 Å². The number of carbonyl (C=O) groups excluding carboxylic acids is 1. The minimum Gasteiger partial charge on any atom is -0.339 e. The Morgan fingerprint density at radius 3 is 2.75 bits per heavy atom. The Hall–Kier alpha value is -2.17. The van der Waals surface area contributed by atoms with Crippen molar-refractivity contribution in [2.45, 2.75) is 39.2 Å². The van der Waals surface area contributed by atoms with Gasteiger partial charge in [0.15, 0.2) is 0 Å². The van der Waals surface area contributed by atoms with Crippen molar-refractivity contribution in [2.75, 3.05) is 13.1 Å².